The van der Waals surface area contributed by atoms with Gasteiger partial charge < -0.3 is 21.1 Å². The van der Waals surface area contributed by atoms with E-state index in [4.69, 9.17) is 15.9 Å². The Hall–Kier alpha value is -2.93. The van der Waals surface area contributed by atoms with Gasteiger partial charge in [0, 0.05) is 37.5 Å². The van der Waals surface area contributed by atoms with E-state index in [-0.39, 0.29) is 23.9 Å². The molecule has 25 heavy (non-hydrogen) atoms. The maximum absolute atomic E-state index is 12.3. The van der Waals surface area contributed by atoms with Gasteiger partial charge in [-0.15, -0.1) is 0 Å². The summed E-state index contributed by atoms with van der Waals surface area (Å²) in [5.41, 5.74) is 7.07. The predicted molar refractivity (Wildman–Crippen MR) is 94.4 cm³/mol. The molecule has 2 atom stereocenters. The van der Waals surface area contributed by atoms with Crippen LogP contribution in [0.1, 0.15) is 17.5 Å². The standard InChI is InChI=1S/C18H21N5O2/c19-17(20)13-4-1-5-14(7-13)25-15-8-16(22-11-15)18(24)23-10-12-3-2-6-21-9-12/h1-7,9,15-16,22H,8,10-11H2,(H3,19,20)(H,23,24). The number of aromatic nitrogens is 1. The second-order valence-corrected chi connectivity index (χ2v) is 5.96. The molecule has 1 aliphatic heterocycles. The van der Waals surface area contributed by atoms with E-state index in [2.05, 4.69) is 15.6 Å². The third kappa shape index (κ3) is 4.54. The molecule has 0 spiro atoms. The minimum Gasteiger partial charge on any atom is -0.489 e. The summed E-state index contributed by atoms with van der Waals surface area (Å²) >= 11 is 0. The van der Waals surface area contributed by atoms with E-state index in [9.17, 15) is 4.79 Å². The molecule has 2 unspecified atom stereocenters. The Balaban J connectivity index is 1.50. The average molecular weight is 339 g/mol. The minimum atomic E-state index is -0.280. The van der Waals surface area contributed by atoms with Gasteiger partial charge in [0.1, 0.15) is 17.7 Å². The van der Waals surface area contributed by atoms with Crippen molar-refractivity contribution in [2.45, 2.75) is 25.1 Å². The topological polar surface area (TPSA) is 113 Å². The molecule has 5 N–H and O–H groups in total. The minimum absolute atomic E-state index is 0.00246. The summed E-state index contributed by atoms with van der Waals surface area (Å²) in [4.78, 5) is 16.3. The first-order chi connectivity index (χ1) is 12.1. The summed E-state index contributed by atoms with van der Waals surface area (Å²) < 4.78 is 5.90. The van der Waals surface area contributed by atoms with Crippen LogP contribution in [0.3, 0.4) is 0 Å². The zero-order chi connectivity index (χ0) is 17.6. The summed E-state index contributed by atoms with van der Waals surface area (Å²) in [5.74, 6) is 0.603. The molecule has 1 saturated heterocycles. The maximum atomic E-state index is 12.3. The monoisotopic (exact) mass is 339 g/mol. The molecular weight excluding hydrogens is 318 g/mol. The summed E-state index contributed by atoms with van der Waals surface area (Å²) in [6.07, 6.45) is 3.92. The quantitative estimate of drug-likeness (QED) is 0.459. The number of nitrogen functional groups attached to an aromatic ring is 1. The Kier molecular flexibility index (Phi) is 5.25. The summed E-state index contributed by atoms with van der Waals surface area (Å²) in [6.45, 7) is 1.05. The molecule has 0 aliphatic carbocycles. The number of rotatable bonds is 6. The van der Waals surface area contributed by atoms with Crippen molar-refractivity contribution in [1.29, 1.82) is 5.41 Å². The Bertz CT molecular complexity index is 750. The highest BCUT2D eigenvalue weighted by atomic mass is 16.5. The Morgan fingerprint density at radius 1 is 1.40 bits per heavy atom. The molecule has 0 bridgehead atoms. The van der Waals surface area contributed by atoms with Crippen LogP contribution < -0.4 is 21.1 Å². The molecule has 2 heterocycles. The van der Waals surface area contributed by atoms with Gasteiger partial charge in [-0.1, -0.05) is 18.2 Å². The zero-order valence-electron chi connectivity index (χ0n) is 13.7. The van der Waals surface area contributed by atoms with E-state index in [0.717, 1.165) is 5.56 Å². The largest absolute Gasteiger partial charge is 0.489 e. The number of amides is 1. The summed E-state index contributed by atoms with van der Waals surface area (Å²) in [6, 6.07) is 10.6. The molecule has 3 rings (SSSR count). The van der Waals surface area contributed by atoms with Crippen LogP contribution in [0.15, 0.2) is 48.8 Å². The van der Waals surface area contributed by atoms with Gasteiger partial charge in [0.2, 0.25) is 5.91 Å². The molecular formula is C18H21N5O2. The maximum Gasteiger partial charge on any atom is 0.237 e. The molecule has 7 heteroatoms. The number of carbonyl (C=O) groups is 1. The van der Waals surface area contributed by atoms with Gasteiger partial charge in [-0.2, -0.15) is 0 Å². The van der Waals surface area contributed by atoms with Crippen LogP contribution >= 0.6 is 0 Å². The van der Waals surface area contributed by atoms with Crippen LogP contribution in [0.4, 0.5) is 0 Å². The molecule has 1 aromatic heterocycles. The SMILES string of the molecule is N=C(N)c1cccc(OC2CNC(C(=O)NCc3cccnc3)C2)c1. The van der Waals surface area contributed by atoms with E-state index < -0.39 is 0 Å². The second kappa shape index (κ2) is 7.76. The number of carbonyl (C=O) groups excluding carboxylic acids is 1. The van der Waals surface area contributed by atoms with Crippen molar-refractivity contribution >= 4 is 11.7 Å². The first-order valence-electron chi connectivity index (χ1n) is 8.13. The third-order valence-electron chi connectivity index (χ3n) is 4.04. The van der Waals surface area contributed by atoms with Crippen LogP contribution in [0, 0.1) is 5.41 Å². The number of hydrogen-bond acceptors (Lipinski definition) is 5. The highest BCUT2D eigenvalue weighted by Gasteiger charge is 2.30. The average Bonchev–Trinajstić information content (AvgIpc) is 3.09. The first-order valence-corrected chi connectivity index (χ1v) is 8.13. The molecule has 2 aromatic rings. The summed E-state index contributed by atoms with van der Waals surface area (Å²) in [5, 5.41) is 13.6. The fourth-order valence-electron chi connectivity index (χ4n) is 2.74. The number of nitrogens with two attached hydrogens (primary N) is 1. The normalized spacial score (nSPS) is 19.4. The lowest BCUT2D eigenvalue weighted by atomic mass is 10.1. The fraction of sp³-hybridized carbons (Fsp3) is 0.278. The number of nitrogens with zero attached hydrogens (tertiary/aromatic N) is 1. The lowest BCUT2D eigenvalue weighted by Gasteiger charge is -2.14. The van der Waals surface area contributed by atoms with Crippen molar-refractivity contribution < 1.29 is 9.53 Å². The highest BCUT2D eigenvalue weighted by molar-refractivity contribution is 5.95. The Morgan fingerprint density at radius 2 is 2.28 bits per heavy atom. The smallest absolute Gasteiger partial charge is 0.237 e. The molecule has 1 fully saturated rings. The Labute approximate surface area is 146 Å². The summed E-state index contributed by atoms with van der Waals surface area (Å²) in [7, 11) is 0. The number of nitrogens with one attached hydrogen (secondary N) is 3. The van der Waals surface area contributed by atoms with E-state index >= 15 is 0 Å². The van der Waals surface area contributed by atoms with Crippen LogP contribution in [-0.2, 0) is 11.3 Å². The van der Waals surface area contributed by atoms with Gasteiger partial charge in [0.05, 0.1) is 6.04 Å². The third-order valence-corrected chi connectivity index (χ3v) is 4.04. The Morgan fingerprint density at radius 3 is 3.04 bits per heavy atom. The lowest BCUT2D eigenvalue weighted by Crippen LogP contribution is -2.40. The van der Waals surface area contributed by atoms with Crippen molar-refractivity contribution in [3.63, 3.8) is 0 Å². The van der Waals surface area contributed by atoms with E-state index in [1.165, 1.54) is 0 Å². The molecule has 130 valence electrons. The number of hydrogen-bond donors (Lipinski definition) is 4. The first kappa shape index (κ1) is 16.9. The van der Waals surface area contributed by atoms with Crippen LogP contribution in [-0.4, -0.2) is 35.4 Å². The van der Waals surface area contributed by atoms with Crippen molar-refractivity contribution in [1.82, 2.24) is 15.6 Å². The zero-order valence-corrected chi connectivity index (χ0v) is 13.7. The van der Waals surface area contributed by atoms with Crippen molar-refractivity contribution in [2.75, 3.05) is 6.54 Å². The second-order valence-electron chi connectivity index (χ2n) is 5.96. The van der Waals surface area contributed by atoms with Crippen molar-refractivity contribution in [3.8, 4) is 5.75 Å². The fourth-order valence-corrected chi connectivity index (χ4v) is 2.74. The van der Waals surface area contributed by atoms with E-state index in [1.54, 1.807) is 30.6 Å². The molecule has 0 saturated carbocycles. The molecule has 1 aliphatic rings. The van der Waals surface area contributed by atoms with Gasteiger partial charge in [0.25, 0.3) is 0 Å². The number of ether oxygens (including phenoxy) is 1. The number of benzene rings is 1. The van der Waals surface area contributed by atoms with Gasteiger partial charge in [-0.25, -0.2) is 0 Å². The number of amidine groups is 1. The van der Waals surface area contributed by atoms with E-state index in [1.807, 2.05) is 18.2 Å². The van der Waals surface area contributed by atoms with E-state index in [0.29, 0.717) is 30.8 Å². The van der Waals surface area contributed by atoms with Gasteiger partial charge >= 0.3 is 0 Å². The van der Waals surface area contributed by atoms with Gasteiger partial charge in [0.15, 0.2) is 0 Å². The highest BCUT2D eigenvalue weighted by Crippen LogP contribution is 2.19. The predicted octanol–water partition coefficient (Wildman–Crippen LogP) is 0.791. The number of pyridine rings is 1. The lowest BCUT2D eigenvalue weighted by molar-refractivity contribution is -0.123. The van der Waals surface area contributed by atoms with Crippen molar-refractivity contribution in [3.05, 3.63) is 59.9 Å². The van der Waals surface area contributed by atoms with Crippen molar-refractivity contribution in [2.24, 2.45) is 5.73 Å². The van der Waals surface area contributed by atoms with Crippen LogP contribution in [0.5, 0.6) is 5.75 Å². The van der Waals surface area contributed by atoms with Crippen LogP contribution in [0.25, 0.3) is 0 Å². The van der Waals surface area contributed by atoms with Crippen LogP contribution in [0.2, 0.25) is 0 Å². The molecule has 1 aromatic carbocycles. The molecule has 7 nitrogen and oxygen atoms in total. The molecule has 1 amide bonds. The van der Waals surface area contributed by atoms with Gasteiger partial charge in [-0.3, -0.25) is 15.2 Å². The molecule has 0 radical (unpaired) electrons. The van der Waals surface area contributed by atoms with Gasteiger partial charge in [-0.05, 0) is 23.8 Å².